The maximum absolute atomic E-state index is 12.1. The van der Waals surface area contributed by atoms with Gasteiger partial charge in [0.05, 0.1) is 6.61 Å². The van der Waals surface area contributed by atoms with Gasteiger partial charge in [0.2, 0.25) is 0 Å². The lowest BCUT2D eigenvalue weighted by atomic mass is 10.3. The molecule has 0 saturated carbocycles. The fourth-order valence-corrected chi connectivity index (χ4v) is 2.16. The van der Waals surface area contributed by atoms with Gasteiger partial charge in [-0.25, -0.2) is 4.79 Å². The zero-order chi connectivity index (χ0) is 18.2. The van der Waals surface area contributed by atoms with Crippen molar-refractivity contribution < 1.29 is 23.5 Å². The third-order valence-electron chi connectivity index (χ3n) is 3.01. The quantitative estimate of drug-likeness (QED) is 0.557. The van der Waals surface area contributed by atoms with E-state index in [9.17, 15) is 9.59 Å². The number of amides is 1. The fourth-order valence-electron chi connectivity index (χ4n) is 1.90. The van der Waals surface area contributed by atoms with Crippen LogP contribution in [-0.4, -0.2) is 18.5 Å². The lowest BCUT2D eigenvalue weighted by Gasteiger charge is -2.05. The predicted molar refractivity (Wildman–Crippen MR) is 95.0 cm³/mol. The number of rotatable bonds is 7. The van der Waals surface area contributed by atoms with E-state index in [1.807, 2.05) is 24.3 Å². The van der Waals surface area contributed by atoms with Gasteiger partial charge in [-0.15, -0.1) is 0 Å². The van der Waals surface area contributed by atoms with E-state index in [4.69, 9.17) is 13.9 Å². The van der Waals surface area contributed by atoms with Gasteiger partial charge >= 0.3 is 5.97 Å². The maximum Gasteiger partial charge on any atom is 0.332 e. The summed E-state index contributed by atoms with van der Waals surface area (Å²) in [4.78, 5) is 23.4. The number of benzene rings is 1. The minimum Gasteiger partial charge on any atom is -0.486 e. The molecule has 0 atom stereocenters. The summed E-state index contributed by atoms with van der Waals surface area (Å²) < 4.78 is 16.8. The average molecular weight is 408 g/mol. The molecule has 0 aliphatic rings. The maximum atomic E-state index is 12.1. The highest BCUT2D eigenvalue weighted by Crippen LogP contribution is 2.18. The van der Waals surface area contributed by atoms with E-state index in [1.165, 1.54) is 6.08 Å². The van der Waals surface area contributed by atoms with E-state index >= 15 is 0 Å². The van der Waals surface area contributed by atoms with Crippen LogP contribution in [-0.2, 0) is 16.1 Å². The van der Waals surface area contributed by atoms with Crippen LogP contribution >= 0.6 is 15.9 Å². The first kappa shape index (κ1) is 18.8. The lowest BCUT2D eigenvalue weighted by Crippen LogP contribution is -2.21. The highest BCUT2D eigenvalue weighted by molar-refractivity contribution is 9.10. The molecular weight excluding hydrogens is 390 g/mol. The smallest absolute Gasteiger partial charge is 0.332 e. The Morgan fingerprint density at radius 3 is 2.60 bits per heavy atom. The van der Waals surface area contributed by atoms with Crippen LogP contribution in [0, 0.1) is 0 Å². The molecule has 2 rings (SSSR count). The summed E-state index contributed by atoms with van der Waals surface area (Å²) in [5, 5.41) is 2.56. The van der Waals surface area contributed by atoms with E-state index in [0.29, 0.717) is 17.2 Å². The predicted octanol–water partition coefficient (Wildman–Crippen LogP) is 3.82. The van der Waals surface area contributed by atoms with E-state index in [-0.39, 0.29) is 19.0 Å². The largest absolute Gasteiger partial charge is 0.486 e. The van der Waals surface area contributed by atoms with Crippen molar-refractivity contribution in [2.24, 2.45) is 0 Å². The van der Waals surface area contributed by atoms with Crippen molar-refractivity contribution >= 4 is 27.8 Å². The molecule has 0 unspecified atom stereocenters. The second-order valence-corrected chi connectivity index (χ2v) is 5.96. The van der Waals surface area contributed by atoms with Gasteiger partial charge in [-0.2, -0.15) is 0 Å². The van der Waals surface area contributed by atoms with Crippen molar-refractivity contribution in [3.05, 3.63) is 64.2 Å². The van der Waals surface area contributed by atoms with Crippen molar-refractivity contribution in [1.29, 1.82) is 0 Å². The third kappa shape index (κ3) is 6.11. The fraction of sp³-hybridized carbons (Fsp3) is 0.222. The zero-order valence-corrected chi connectivity index (χ0v) is 15.5. The Bertz CT molecular complexity index is 764. The summed E-state index contributed by atoms with van der Waals surface area (Å²) in [6.07, 6.45) is 1.21. The van der Waals surface area contributed by atoms with Gasteiger partial charge in [0.1, 0.15) is 18.1 Å². The Kier molecular flexibility index (Phi) is 6.82. The van der Waals surface area contributed by atoms with E-state index in [0.717, 1.165) is 4.47 Å². The molecule has 7 heteroatoms. The van der Waals surface area contributed by atoms with Crippen LogP contribution in [0.5, 0.6) is 5.75 Å². The van der Waals surface area contributed by atoms with Crippen molar-refractivity contribution in [2.45, 2.75) is 20.5 Å². The summed E-state index contributed by atoms with van der Waals surface area (Å²) in [6.45, 7) is 3.78. The Labute approximate surface area is 153 Å². The van der Waals surface area contributed by atoms with Crippen molar-refractivity contribution in [3.63, 3.8) is 0 Å². The molecule has 6 nitrogen and oxygen atoms in total. The number of allylic oxidation sites excluding steroid dienone is 1. The summed E-state index contributed by atoms with van der Waals surface area (Å²) in [6, 6.07) is 10.6. The Morgan fingerprint density at radius 2 is 1.92 bits per heavy atom. The molecular formula is C18H18BrNO5. The van der Waals surface area contributed by atoms with Crippen LogP contribution in [0.2, 0.25) is 0 Å². The molecule has 0 aliphatic carbocycles. The van der Waals surface area contributed by atoms with Crippen LogP contribution in [0.25, 0.3) is 0 Å². The Hall–Kier alpha value is -2.54. The Balaban J connectivity index is 1.90. The monoisotopic (exact) mass is 407 g/mol. The molecule has 0 fully saturated rings. The third-order valence-corrected chi connectivity index (χ3v) is 3.54. The second-order valence-electron chi connectivity index (χ2n) is 5.04. The number of esters is 1. The first-order valence-corrected chi connectivity index (χ1v) is 8.40. The van der Waals surface area contributed by atoms with Crippen LogP contribution in [0.15, 0.2) is 57.1 Å². The van der Waals surface area contributed by atoms with Crippen LogP contribution < -0.4 is 10.1 Å². The van der Waals surface area contributed by atoms with Crippen molar-refractivity contribution in [3.8, 4) is 5.75 Å². The topological polar surface area (TPSA) is 77.8 Å². The SMILES string of the molecule is CCOC(=O)/C=C(\C)NC(=O)c1ccc(COc2ccc(Br)cc2)o1. The number of hydrogen-bond acceptors (Lipinski definition) is 5. The first-order chi connectivity index (χ1) is 12.0. The molecule has 0 aliphatic heterocycles. The molecule has 0 bridgehead atoms. The minimum atomic E-state index is -0.511. The zero-order valence-electron chi connectivity index (χ0n) is 13.9. The molecule has 0 spiro atoms. The van der Waals surface area contributed by atoms with Crippen LogP contribution in [0.1, 0.15) is 30.2 Å². The molecule has 25 heavy (non-hydrogen) atoms. The van der Waals surface area contributed by atoms with E-state index < -0.39 is 11.9 Å². The van der Waals surface area contributed by atoms with E-state index in [2.05, 4.69) is 21.2 Å². The van der Waals surface area contributed by atoms with Gasteiger partial charge < -0.3 is 19.2 Å². The number of halogens is 1. The number of ether oxygens (including phenoxy) is 2. The summed E-state index contributed by atoms with van der Waals surface area (Å²) in [7, 11) is 0. The molecule has 1 heterocycles. The first-order valence-electron chi connectivity index (χ1n) is 7.61. The molecule has 2 aromatic rings. The average Bonchev–Trinajstić information content (AvgIpc) is 3.03. The Morgan fingerprint density at radius 1 is 1.20 bits per heavy atom. The molecule has 0 saturated heterocycles. The van der Waals surface area contributed by atoms with Crippen molar-refractivity contribution in [1.82, 2.24) is 5.32 Å². The number of furan rings is 1. The lowest BCUT2D eigenvalue weighted by molar-refractivity contribution is -0.137. The number of carbonyl (C=O) groups excluding carboxylic acids is 2. The van der Waals surface area contributed by atoms with Gasteiger partial charge in [-0.3, -0.25) is 4.79 Å². The number of nitrogens with one attached hydrogen (secondary N) is 1. The summed E-state index contributed by atoms with van der Waals surface area (Å²) in [5.41, 5.74) is 0.368. The van der Waals surface area contributed by atoms with Crippen LogP contribution in [0.4, 0.5) is 0 Å². The normalized spacial score (nSPS) is 11.1. The van der Waals surface area contributed by atoms with E-state index in [1.54, 1.807) is 26.0 Å². The molecule has 1 aromatic heterocycles. The minimum absolute atomic E-state index is 0.131. The second kappa shape index (κ2) is 9.08. The van der Waals surface area contributed by atoms with Gasteiger partial charge in [-0.1, -0.05) is 15.9 Å². The van der Waals surface area contributed by atoms with Gasteiger partial charge in [-0.05, 0) is 50.2 Å². The molecule has 1 N–H and O–H groups in total. The van der Waals surface area contributed by atoms with Crippen molar-refractivity contribution in [2.75, 3.05) is 6.61 Å². The molecule has 1 aromatic carbocycles. The molecule has 132 valence electrons. The standard InChI is InChI=1S/C18H18BrNO5/c1-3-23-17(21)10-12(2)20-18(22)16-9-8-15(25-16)11-24-14-6-4-13(19)5-7-14/h4-10H,3,11H2,1-2H3,(H,20,22)/b12-10+. The summed E-state index contributed by atoms with van der Waals surface area (Å²) in [5.74, 6) is 0.376. The van der Waals surface area contributed by atoms with Gasteiger partial charge in [0, 0.05) is 16.2 Å². The number of hydrogen-bond donors (Lipinski definition) is 1. The highest BCUT2D eigenvalue weighted by Gasteiger charge is 2.12. The highest BCUT2D eigenvalue weighted by atomic mass is 79.9. The summed E-state index contributed by atoms with van der Waals surface area (Å²) >= 11 is 3.35. The molecule has 1 amide bonds. The van der Waals surface area contributed by atoms with Gasteiger partial charge in [0.15, 0.2) is 5.76 Å². The molecule has 0 radical (unpaired) electrons. The number of carbonyl (C=O) groups is 2. The van der Waals surface area contributed by atoms with Gasteiger partial charge in [0.25, 0.3) is 5.91 Å². The van der Waals surface area contributed by atoms with Crippen LogP contribution in [0.3, 0.4) is 0 Å².